The molecule has 4 nitrogen and oxygen atoms in total. The van der Waals surface area contributed by atoms with Crippen molar-refractivity contribution in [3.8, 4) is 5.75 Å². The number of carbonyl (C=O) groups excluding carboxylic acids is 2. The Kier molecular flexibility index (Phi) is 2.21. The van der Waals surface area contributed by atoms with Gasteiger partial charge in [-0.25, -0.2) is 0 Å². The van der Waals surface area contributed by atoms with Crippen LogP contribution in [0.2, 0.25) is 0 Å². The van der Waals surface area contributed by atoms with Gasteiger partial charge in [0.1, 0.15) is 5.75 Å². The molecule has 1 heterocycles. The number of ether oxygens (including phenoxy) is 1. The number of Topliss-reactive ketones (excluding diaryl/α,β-unsaturated/α-hetero) is 1. The van der Waals surface area contributed by atoms with E-state index in [0.717, 1.165) is 35.0 Å². The number of ketones is 1. The number of aryl methyl sites for hydroxylation is 1. The molecular weight excluding hydrogens is 218 g/mol. The van der Waals surface area contributed by atoms with Gasteiger partial charge in [-0.05, 0) is 36.6 Å². The van der Waals surface area contributed by atoms with Crippen molar-refractivity contribution in [2.45, 2.75) is 19.3 Å². The number of nitrogens with one attached hydrogen (secondary N) is 1. The number of benzene rings is 1. The molecule has 0 amide bonds. The van der Waals surface area contributed by atoms with Crippen LogP contribution in [0.15, 0.2) is 18.2 Å². The van der Waals surface area contributed by atoms with Crippen LogP contribution >= 0.6 is 0 Å². The molecule has 0 saturated carbocycles. The number of aromatic amines is 1. The number of H-pyrrole nitrogens is 1. The molecule has 0 spiro atoms. The fraction of sp³-hybridized carbons (Fsp3) is 0.231. The largest absolute Gasteiger partial charge is 0.429 e. The predicted molar refractivity (Wildman–Crippen MR) is 62.3 cm³/mol. The minimum Gasteiger partial charge on any atom is -0.429 e. The molecule has 1 aromatic carbocycles. The second-order valence-corrected chi connectivity index (χ2v) is 4.18. The first-order valence-electron chi connectivity index (χ1n) is 5.57. The van der Waals surface area contributed by atoms with E-state index in [-0.39, 0.29) is 5.78 Å². The van der Waals surface area contributed by atoms with Gasteiger partial charge in [0.15, 0.2) is 5.78 Å². The van der Waals surface area contributed by atoms with Gasteiger partial charge in [0.05, 0.1) is 5.69 Å². The van der Waals surface area contributed by atoms with E-state index >= 15 is 0 Å². The number of rotatable bonds is 2. The first-order chi connectivity index (χ1) is 8.29. The molecule has 0 atom stereocenters. The van der Waals surface area contributed by atoms with E-state index in [2.05, 4.69) is 4.98 Å². The van der Waals surface area contributed by atoms with Crippen LogP contribution in [-0.2, 0) is 11.2 Å². The van der Waals surface area contributed by atoms with Gasteiger partial charge in [0, 0.05) is 17.3 Å². The van der Waals surface area contributed by atoms with Crippen molar-refractivity contribution < 1.29 is 14.3 Å². The Hall–Kier alpha value is -2.10. The van der Waals surface area contributed by atoms with E-state index in [0.29, 0.717) is 18.6 Å². The minimum atomic E-state index is 0.167. The molecule has 3 rings (SSSR count). The Balaban J connectivity index is 2.21. The van der Waals surface area contributed by atoms with Crippen LogP contribution < -0.4 is 4.74 Å². The lowest BCUT2D eigenvalue weighted by Crippen LogP contribution is -2.09. The molecule has 0 aliphatic heterocycles. The topological polar surface area (TPSA) is 59.2 Å². The first-order valence-corrected chi connectivity index (χ1v) is 5.57. The second-order valence-electron chi connectivity index (χ2n) is 4.18. The van der Waals surface area contributed by atoms with Crippen molar-refractivity contribution in [2.75, 3.05) is 0 Å². The fourth-order valence-electron chi connectivity index (χ4n) is 2.40. The first kappa shape index (κ1) is 10.1. The second kappa shape index (κ2) is 3.73. The van der Waals surface area contributed by atoms with Gasteiger partial charge in [-0.1, -0.05) is 0 Å². The molecule has 1 aliphatic carbocycles. The molecule has 17 heavy (non-hydrogen) atoms. The zero-order valence-corrected chi connectivity index (χ0v) is 9.16. The molecule has 2 aromatic rings. The highest BCUT2D eigenvalue weighted by Gasteiger charge is 2.21. The summed E-state index contributed by atoms with van der Waals surface area (Å²) in [6, 6.07) is 5.35. The van der Waals surface area contributed by atoms with Crippen LogP contribution in [0.1, 0.15) is 28.9 Å². The highest BCUT2D eigenvalue weighted by molar-refractivity contribution is 6.03. The van der Waals surface area contributed by atoms with Crippen molar-refractivity contribution >= 4 is 23.2 Å². The average Bonchev–Trinajstić information content (AvgIpc) is 2.70. The molecule has 1 N–H and O–H groups in total. The van der Waals surface area contributed by atoms with Crippen LogP contribution in [0, 0.1) is 0 Å². The molecule has 0 unspecified atom stereocenters. The Morgan fingerprint density at radius 1 is 1.29 bits per heavy atom. The fourth-order valence-corrected chi connectivity index (χ4v) is 2.40. The Bertz CT molecular complexity index is 612. The van der Waals surface area contributed by atoms with E-state index in [9.17, 15) is 9.59 Å². The van der Waals surface area contributed by atoms with Gasteiger partial charge in [-0.2, -0.15) is 0 Å². The lowest BCUT2D eigenvalue weighted by Gasteiger charge is -2.09. The van der Waals surface area contributed by atoms with Crippen molar-refractivity contribution in [2.24, 2.45) is 0 Å². The third-order valence-corrected chi connectivity index (χ3v) is 3.17. The molecule has 86 valence electrons. The number of carbonyl (C=O) groups is 2. The number of aromatic nitrogens is 1. The maximum absolute atomic E-state index is 11.7. The van der Waals surface area contributed by atoms with Crippen LogP contribution in [0.5, 0.6) is 5.75 Å². The summed E-state index contributed by atoms with van der Waals surface area (Å²) in [4.78, 5) is 25.2. The zero-order chi connectivity index (χ0) is 11.8. The van der Waals surface area contributed by atoms with Gasteiger partial charge >= 0.3 is 0 Å². The smallest absolute Gasteiger partial charge is 0.298 e. The Morgan fingerprint density at radius 3 is 3.00 bits per heavy atom. The van der Waals surface area contributed by atoms with Crippen LogP contribution in [0.3, 0.4) is 0 Å². The summed E-state index contributed by atoms with van der Waals surface area (Å²) in [5.41, 5.74) is 2.69. The minimum absolute atomic E-state index is 0.167. The van der Waals surface area contributed by atoms with Crippen molar-refractivity contribution in [3.05, 3.63) is 29.5 Å². The predicted octanol–water partition coefficient (Wildman–Crippen LogP) is 2.22. The van der Waals surface area contributed by atoms with E-state index in [1.54, 1.807) is 12.1 Å². The summed E-state index contributed by atoms with van der Waals surface area (Å²) in [5.74, 6) is 0.674. The summed E-state index contributed by atoms with van der Waals surface area (Å²) in [6.45, 7) is 0.408. The average molecular weight is 229 g/mol. The van der Waals surface area contributed by atoms with E-state index < -0.39 is 0 Å². The monoisotopic (exact) mass is 229 g/mol. The maximum Gasteiger partial charge on any atom is 0.298 e. The van der Waals surface area contributed by atoms with Crippen LogP contribution in [-0.4, -0.2) is 17.2 Å². The highest BCUT2D eigenvalue weighted by atomic mass is 16.5. The zero-order valence-electron chi connectivity index (χ0n) is 9.16. The summed E-state index contributed by atoms with van der Waals surface area (Å²) < 4.78 is 4.82. The maximum atomic E-state index is 11.7. The van der Waals surface area contributed by atoms with E-state index in [1.807, 2.05) is 6.07 Å². The highest BCUT2D eigenvalue weighted by Crippen LogP contribution is 2.31. The molecule has 4 heteroatoms. The van der Waals surface area contributed by atoms with E-state index in [4.69, 9.17) is 4.74 Å². The third-order valence-electron chi connectivity index (χ3n) is 3.17. The molecule has 1 aromatic heterocycles. The van der Waals surface area contributed by atoms with Gasteiger partial charge in [-0.15, -0.1) is 0 Å². The lowest BCUT2D eigenvalue weighted by atomic mass is 9.95. The molecule has 0 saturated heterocycles. The van der Waals surface area contributed by atoms with E-state index in [1.165, 1.54) is 0 Å². The Labute approximate surface area is 97.6 Å². The molecular formula is C13H11NO3. The van der Waals surface area contributed by atoms with Crippen molar-refractivity contribution in [1.29, 1.82) is 0 Å². The normalized spacial score (nSPS) is 14.7. The lowest BCUT2D eigenvalue weighted by molar-refractivity contribution is -0.120. The quantitative estimate of drug-likeness (QED) is 0.803. The number of fused-ring (bicyclic) bond motifs is 3. The van der Waals surface area contributed by atoms with Gasteiger partial charge in [0.25, 0.3) is 6.47 Å². The molecule has 0 fully saturated rings. The van der Waals surface area contributed by atoms with Gasteiger partial charge in [0.2, 0.25) is 0 Å². The summed E-state index contributed by atoms with van der Waals surface area (Å²) >= 11 is 0. The van der Waals surface area contributed by atoms with Gasteiger partial charge in [-0.3, -0.25) is 9.59 Å². The molecule has 0 radical (unpaired) electrons. The van der Waals surface area contributed by atoms with Gasteiger partial charge < -0.3 is 9.72 Å². The number of hydrogen-bond donors (Lipinski definition) is 1. The SMILES string of the molecule is O=COc1ccc2[nH]c3c(c2c1)CCCC3=O. The molecule has 0 bridgehead atoms. The van der Waals surface area contributed by atoms with Crippen LogP contribution in [0.25, 0.3) is 10.9 Å². The summed E-state index contributed by atoms with van der Waals surface area (Å²) in [7, 11) is 0. The third kappa shape index (κ3) is 1.53. The number of hydrogen-bond acceptors (Lipinski definition) is 3. The molecule has 1 aliphatic rings. The van der Waals surface area contributed by atoms with Crippen molar-refractivity contribution in [1.82, 2.24) is 4.98 Å². The standard InChI is InChI=1S/C13H11NO3/c15-7-17-8-4-5-11-10(6-8)9-2-1-3-12(16)13(9)14-11/h4-7,14H,1-3H2. The summed E-state index contributed by atoms with van der Waals surface area (Å²) in [5, 5.41) is 0.979. The van der Waals surface area contributed by atoms with Crippen molar-refractivity contribution in [3.63, 3.8) is 0 Å². The van der Waals surface area contributed by atoms with Crippen LogP contribution in [0.4, 0.5) is 0 Å². The Morgan fingerprint density at radius 2 is 2.18 bits per heavy atom. The summed E-state index contributed by atoms with van der Waals surface area (Å²) in [6.07, 6.45) is 2.39.